The normalized spacial score (nSPS) is 11.5. The van der Waals surface area contributed by atoms with Gasteiger partial charge in [-0.1, -0.05) is 42.5 Å². The third-order valence-corrected chi connectivity index (χ3v) is 3.60. The van der Waals surface area contributed by atoms with Crippen molar-refractivity contribution in [3.8, 4) is 0 Å². The molecule has 0 unspecified atom stereocenters. The first-order valence-corrected chi connectivity index (χ1v) is 20.5. The Morgan fingerprint density at radius 3 is 1.36 bits per heavy atom. The van der Waals surface area contributed by atoms with Gasteiger partial charge in [0, 0.05) is 0 Å². The van der Waals surface area contributed by atoms with Crippen LogP contribution in [0.15, 0.2) is 88.8 Å². The van der Waals surface area contributed by atoms with Gasteiger partial charge in [-0.3, -0.25) is 9.98 Å². The van der Waals surface area contributed by atoms with Gasteiger partial charge < -0.3 is 0 Å². The van der Waals surface area contributed by atoms with Gasteiger partial charge in [0.05, 0.1) is 34.2 Å². The molecule has 0 amide bonds. The monoisotopic (exact) mass is 560 g/mol. The van der Waals surface area contributed by atoms with Crippen molar-refractivity contribution in [2.45, 2.75) is 13.8 Å². The average Bonchev–Trinajstić information content (AvgIpc) is 2.69. The van der Waals surface area contributed by atoms with E-state index in [2.05, 4.69) is 9.98 Å². The Morgan fingerprint density at radius 1 is 0.643 bits per heavy atom. The Kier molecular flexibility index (Phi) is 10.6. The Hall–Kier alpha value is -0.849. The molecule has 0 radical (unpaired) electrons. The quantitative estimate of drug-likeness (QED) is 0.304. The molecule has 3 rings (SSSR count). The average molecular weight is 564 g/mol. The molecule has 0 saturated carbocycles. The Bertz CT molecular complexity index is 856. The zero-order valence-corrected chi connectivity index (χ0v) is 21.0. The summed E-state index contributed by atoms with van der Waals surface area (Å²) in [5, 5.41) is 0. The van der Waals surface area contributed by atoms with Gasteiger partial charge in [0.1, 0.15) is 0 Å². The fraction of sp³-hybridized carbons (Fsp3) is 0.0952. The van der Waals surface area contributed by atoms with Crippen molar-refractivity contribution in [2.24, 2.45) is 9.98 Å². The van der Waals surface area contributed by atoms with Crippen LogP contribution in [0.5, 0.6) is 0 Å². The maximum atomic E-state index is 5.02. The molecule has 0 aliphatic heterocycles. The summed E-state index contributed by atoms with van der Waals surface area (Å²) < 4.78 is 0. The van der Waals surface area contributed by atoms with E-state index in [1.807, 2.05) is 92.7 Å². The van der Waals surface area contributed by atoms with Gasteiger partial charge in [-0.05, 0) is 50.2 Å². The van der Waals surface area contributed by atoms with Crippen LogP contribution in [-0.4, -0.2) is 16.4 Å². The second-order valence-electron chi connectivity index (χ2n) is 5.69. The van der Waals surface area contributed by atoms with Crippen LogP contribution in [0.25, 0.3) is 0 Å². The van der Waals surface area contributed by atoms with Crippen molar-refractivity contribution < 1.29 is 29.9 Å². The standard InChI is InChI=1S/C21H19N3.3ClH.Nd/c1-16(22-18-10-5-3-6-11-18)20-14-9-15-21(24-20)17(2)23-19-12-7-4-8-13-19;;;;/h3-15H,1-2H3;3*1H;/q;;;;+3/p-3. The van der Waals surface area contributed by atoms with Gasteiger partial charge in [0.2, 0.25) is 0 Å². The predicted octanol–water partition coefficient (Wildman–Crippen LogP) is 7.43. The van der Waals surface area contributed by atoms with Gasteiger partial charge in [-0.25, -0.2) is 4.98 Å². The summed E-state index contributed by atoms with van der Waals surface area (Å²) in [6.45, 7) is 3.95. The molecule has 0 N–H and O–H groups in total. The molecule has 143 valence electrons. The van der Waals surface area contributed by atoms with Crippen molar-refractivity contribution in [2.75, 3.05) is 0 Å². The van der Waals surface area contributed by atoms with E-state index in [0.717, 1.165) is 34.2 Å². The number of hydrogen-bond donors (Lipinski definition) is 0. The number of para-hydroxylation sites is 2. The van der Waals surface area contributed by atoms with E-state index in [4.69, 9.17) is 22.4 Å². The van der Waals surface area contributed by atoms with Crippen LogP contribution in [0.4, 0.5) is 11.4 Å². The fourth-order valence-corrected chi connectivity index (χ4v) is 2.34. The number of benzene rings is 2. The molecule has 1 heterocycles. The zero-order chi connectivity index (χ0) is 20.4. The molecule has 3 aromatic rings. The molecule has 0 saturated heterocycles. The van der Waals surface area contributed by atoms with Crippen molar-refractivity contribution >= 4 is 40.2 Å². The van der Waals surface area contributed by atoms with Crippen LogP contribution in [-0.2, 0) is 0 Å². The Labute approximate surface area is 187 Å². The van der Waals surface area contributed by atoms with Crippen LogP contribution < -0.4 is 0 Å². The summed E-state index contributed by atoms with van der Waals surface area (Å²) in [7, 11) is 0. The number of hydrogen-bond acceptors (Lipinski definition) is 3. The van der Waals surface area contributed by atoms with E-state index in [1.165, 1.54) is 0 Å². The summed E-state index contributed by atoms with van der Waals surface area (Å²) in [6.07, 6.45) is 0. The molecule has 0 aliphatic carbocycles. The molecule has 0 fully saturated rings. The van der Waals surface area contributed by atoms with E-state index in [1.54, 1.807) is 0 Å². The summed E-state index contributed by atoms with van der Waals surface area (Å²) >= 11 is -2.24. The molecule has 0 aliphatic rings. The van der Waals surface area contributed by atoms with Gasteiger partial charge in [0.15, 0.2) is 0 Å². The topological polar surface area (TPSA) is 37.6 Å². The summed E-state index contributed by atoms with van der Waals surface area (Å²) in [4.78, 5) is 14.0. The molecule has 0 spiro atoms. The summed E-state index contributed by atoms with van der Waals surface area (Å²) in [5.41, 5.74) is 5.35. The van der Waals surface area contributed by atoms with Gasteiger partial charge in [-0.2, -0.15) is 0 Å². The molecule has 2 aromatic carbocycles. The number of aromatic nitrogens is 1. The third kappa shape index (κ3) is 8.66. The predicted molar refractivity (Wildman–Crippen MR) is 118 cm³/mol. The van der Waals surface area contributed by atoms with Crippen molar-refractivity contribution in [1.29, 1.82) is 0 Å². The molecule has 28 heavy (non-hydrogen) atoms. The zero-order valence-electron chi connectivity index (χ0n) is 15.5. The second-order valence-corrected chi connectivity index (χ2v) is 19.8. The van der Waals surface area contributed by atoms with E-state index in [9.17, 15) is 0 Å². The van der Waals surface area contributed by atoms with Crippen LogP contribution in [0, 0.1) is 29.9 Å². The molecular weight excluding hydrogens is 545 g/mol. The molecule has 3 nitrogen and oxygen atoms in total. The Balaban J connectivity index is 0.000000640. The van der Waals surface area contributed by atoms with Gasteiger partial charge >= 0.3 is 47.3 Å². The van der Waals surface area contributed by atoms with Gasteiger partial charge in [-0.15, -0.1) is 0 Å². The van der Waals surface area contributed by atoms with E-state index >= 15 is 0 Å². The minimum atomic E-state index is -2.24. The van der Waals surface area contributed by atoms with Crippen molar-refractivity contribution in [1.82, 2.24) is 4.98 Å². The molecule has 1 aromatic heterocycles. The Morgan fingerprint density at radius 2 is 1.00 bits per heavy atom. The fourth-order valence-electron chi connectivity index (χ4n) is 2.34. The third-order valence-electron chi connectivity index (χ3n) is 3.60. The first-order chi connectivity index (χ1) is 13.5. The first-order valence-electron chi connectivity index (χ1n) is 8.47. The second kappa shape index (κ2) is 12.7. The molecule has 0 atom stereocenters. The van der Waals surface area contributed by atoms with E-state index in [0.29, 0.717) is 0 Å². The SMILES string of the molecule is CC(=Nc1ccccc1)c1cccc(C(C)=Nc2ccccc2)n1.[Cl][Nd]([Cl])[Cl]. The van der Waals surface area contributed by atoms with Crippen molar-refractivity contribution in [3.63, 3.8) is 0 Å². The number of rotatable bonds is 4. The van der Waals surface area contributed by atoms with Crippen LogP contribution in [0.2, 0.25) is 0 Å². The summed E-state index contributed by atoms with van der Waals surface area (Å²) in [6, 6.07) is 25.7. The van der Waals surface area contributed by atoms with Crippen LogP contribution in [0.1, 0.15) is 25.2 Å². The number of pyridine rings is 1. The number of aliphatic imine (C=N–C) groups is 2. The molecule has 0 bridgehead atoms. The first kappa shape index (κ1) is 23.4. The molecular formula is C21H19Cl3N3Nd. The molecule has 7 heteroatoms. The number of halogens is 3. The van der Waals surface area contributed by atoms with Crippen LogP contribution >= 0.6 is 17.4 Å². The van der Waals surface area contributed by atoms with Crippen molar-refractivity contribution in [3.05, 3.63) is 90.3 Å². The summed E-state index contributed by atoms with van der Waals surface area (Å²) in [5.74, 6) is 15.1. The minimum absolute atomic E-state index is 0.860. The van der Waals surface area contributed by atoms with Crippen LogP contribution in [0.3, 0.4) is 0 Å². The van der Waals surface area contributed by atoms with E-state index in [-0.39, 0.29) is 0 Å². The number of nitrogens with zero attached hydrogens (tertiary/aromatic N) is 3. The van der Waals surface area contributed by atoms with E-state index < -0.39 is 29.9 Å². The van der Waals surface area contributed by atoms with Gasteiger partial charge in [0.25, 0.3) is 0 Å². The maximum absolute atomic E-state index is 5.02.